The third-order valence-corrected chi connectivity index (χ3v) is 4.73. The van der Waals surface area contributed by atoms with Crippen molar-refractivity contribution in [1.29, 1.82) is 0 Å². The van der Waals surface area contributed by atoms with Crippen molar-refractivity contribution >= 4 is 5.91 Å². The first-order valence-corrected chi connectivity index (χ1v) is 8.62. The Morgan fingerprint density at radius 3 is 2.80 bits per heavy atom. The van der Waals surface area contributed by atoms with Crippen molar-refractivity contribution in [2.24, 2.45) is 0 Å². The van der Waals surface area contributed by atoms with Gasteiger partial charge in [0.1, 0.15) is 0 Å². The van der Waals surface area contributed by atoms with E-state index in [4.69, 9.17) is 0 Å². The quantitative estimate of drug-likeness (QED) is 0.739. The van der Waals surface area contributed by atoms with Crippen LogP contribution in [0, 0.1) is 6.92 Å². The summed E-state index contributed by atoms with van der Waals surface area (Å²) in [5, 5.41) is 8.85. The van der Waals surface area contributed by atoms with Crippen molar-refractivity contribution in [3.8, 4) is 5.69 Å². The summed E-state index contributed by atoms with van der Waals surface area (Å²) in [6.07, 6.45) is 7.63. The van der Waals surface area contributed by atoms with Gasteiger partial charge in [-0.1, -0.05) is 18.2 Å². The van der Waals surface area contributed by atoms with E-state index in [2.05, 4.69) is 10.2 Å². The highest BCUT2D eigenvalue weighted by Crippen LogP contribution is 2.23. The maximum Gasteiger partial charge on any atom is 0.257 e. The predicted molar refractivity (Wildman–Crippen MR) is 94.7 cm³/mol. The standard InChI is InChI=1S/C19H21N5O/c1-15-18(14-24(21-15)16-7-3-2-4-8-16)19(25)22-11-5-9-17(13-22)23-12-6-10-20-23/h2-4,6-8,10,12,14,17H,5,9,11,13H2,1H3/t17-/m1/s1. The molecule has 4 rings (SSSR count). The van der Waals surface area contributed by atoms with Crippen LogP contribution in [-0.2, 0) is 0 Å². The summed E-state index contributed by atoms with van der Waals surface area (Å²) in [6.45, 7) is 3.37. The maximum absolute atomic E-state index is 13.0. The third kappa shape index (κ3) is 3.07. The second-order valence-corrected chi connectivity index (χ2v) is 6.44. The molecule has 0 unspecified atom stereocenters. The summed E-state index contributed by atoms with van der Waals surface area (Å²) in [5.41, 5.74) is 2.39. The molecule has 1 atom stereocenters. The molecule has 3 aromatic rings. The molecule has 128 valence electrons. The highest BCUT2D eigenvalue weighted by Gasteiger charge is 2.27. The molecule has 0 N–H and O–H groups in total. The minimum atomic E-state index is 0.0523. The monoisotopic (exact) mass is 335 g/mol. The lowest BCUT2D eigenvalue weighted by molar-refractivity contribution is 0.0672. The van der Waals surface area contributed by atoms with Crippen molar-refractivity contribution in [3.05, 3.63) is 66.2 Å². The number of hydrogen-bond acceptors (Lipinski definition) is 3. The van der Waals surface area contributed by atoms with Crippen molar-refractivity contribution < 1.29 is 4.79 Å². The Kier molecular flexibility index (Phi) is 4.09. The molecule has 0 aliphatic carbocycles. The second-order valence-electron chi connectivity index (χ2n) is 6.44. The lowest BCUT2D eigenvalue weighted by atomic mass is 10.0. The van der Waals surface area contributed by atoms with Crippen molar-refractivity contribution in [2.45, 2.75) is 25.8 Å². The van der Waals surface area contributed by atoms with Crippen LogP contribution in [0.4, 0.5) is 0 Å². The van der Waals surface area contributed by atoms with Crippen molar-refractivity contribution in [2.75, 3.05) is 13.1 Å². The first-order valence-electron chi connectivity index (χ1n) is 8.62. The topological polar surface area (TPSA) is 56.0 Å². The molecule has 25 heavy (non-hydrogen) atoms. The summed E-state index contributed by atoms with van der Waals surface area (Å²) in [5.74, 6) is 0.0523. The van der Waals surface area contributed by atoms with E-state index in [1.165, 1.54) is 0 Å². The first kappa shape index (κ1) is 15.6. The number of benzene rings is 1. The molecule has 0 saturated carbocycles. The molecule has 1 aromatic carbocycles. The van der Waals surface area contributed by atoms with Crippen LogP contribution in [0.1, 0.15) is 34.9 Å². The molecule has 2 aromatic heterocycles. The summed E-state index contributed by atoms with van der Waals surface area (Å²) < 4.78 is 3.73. The van der Waals surface area contributed by atoms with Crippen LogP contribution in [0.2, 0.25) is 0 Å². The molecule has 1 saturated heterocycles. The summed E-state index contributed by atoms with van der Waals surface area (Å²) in [7, 11) is 0. The molecule has 6 heteroatoms. The van der Waals surface area contributed by atoms with E-state index in [0.717, 1.165) is 30.8 Å². The van der Waals surface area contributed by atoms with Gasteiger partial charge in [0.2, 0.25) is 0 Å². The predicted octanol–water partition coefficient (Wildman–Crippen LogP) is 2.85. The van der Waals surface area contributed by atoms with Crippen LogP contribution >= 0.6 is 0 Å². The number of carbonyl (C=O) groups is 1. The Morgan fingerprint density at radius 1 is 1.20 bits per heavy atom. The average molecular weight is 335 g/mol. The van der Waals surface area contributed by atoms with Crippen LogP contribution < -0.4 is 0 Å². The largest absolute Gasteiger partial charge is 0.336 e. The van der Waals surface area contributed by atoms with E-state index in [1.807, 2.05) is 65.3 Å². The van der Waals surface area contributed by atoms with Gasteiger partial charge in [-0.25, -0.2) is 4.68 Å². The SMILES string of the molecule is Cc1nn(-c2ccccc2)cc1C(=O)N1CCC[C@@H](n2cccn2)C1. The average Bonchev–Trinajstić information content (AvgIpc) is 3.32. The Bertz CT molecular complexity index is 853. The smallest absolute Gasteiger partial charge is 0.257 e. The number of carbonyl (C=O) groups excluding carboxylic acids is 1. The van der Waals surface area contributed by atoms with Crippen LogP contribution in [-0.4, -0.2) is 43.5 Å². The summed E-state index contributed by atoms with van der Waals surface area (Å²) >= 11 is 0. The highest BCUT2D eigenvalue weighted by atomic mass is 16.2. The molecule has 6 nitrogen and oxygen atoms in total. The van der Waals surface area contributed by atoms with E-state index in [9.17, 15) is 4.79 Å². The first-order chi connectivity index (χ1) is 12.2. The number of hydrogen-bond donors (Lipinski definition) is 0. The van der Waals surface area contributed by atoms with Crippen molar-refractivity contribution in [1.82, 2.24) is 24.5 Å². The van der Waals surface area contributed by atoms with E-state index < -0.39 is 0 Å². The van der Waals surface area contributed by atoms with Gasteiger partial charge in [0.15, 0.2) is 0 Å². The molecule has 0 spiro atoms. The maximum atomic E-state index is 13.0. The number of amides is 1. The third-order valence-electron chi connectivity index (χ3n) is 4.73. The van der Waals surface area contributed by atoms with Crippen molar-refractivity contribution in [3.63, 3.8) is 0 Å². The number of nitrogens with zero attached hydrogens (tertiary/aromatic N) is 5. The van der Waals surface area contributed by atoms with Gasteiger partial charge in [-0.2, -0.15) is 10.2 Å². The number of likely N-dealkylation sites (tertiary alicyclic amines) is 1. The van der Waals surface area contributed by atoms with E-state index in [0.29, 0.717) is 12.1 Å². The number of rotatable bonds is 3. The molecule has 3 heterocycles. The molecule has 0 bridgehead atoms. The van der Waals surface area contributed by atoms with Crippen LogP contribution in [0.15, 0.2) is 55.0 Å². The van der Waals surface area contributed by atoms with Crippen LogP contribution in [0.25, 0.3) is 5.69 Å². The summed E-state index contributed by atoms with van der Waals surface area (Å²) in [4.78, 5) is 14.9. The number of aromatic nitrogens is 4. The van der Waals surface area contributed by atoms with E-state index in [1.54, 1.807) is 10.9 Å². The number of para-hydroxylation sites is 1. The Labute approximate surface area is 146 Å². The normalized spacial score (nSPS) is 17.6. The fraction of sp³-hybridized carbons (Fsp3) is 0.316. The van der Waals surface area contributed by atoms with Gasteiger partial charge >= 0.3 is 0 Å². The van der Waals surface area contributed by atoms with Gasteiger partial charge in [-0.15, -0.1) is 0 Å². The van der Waals surface area contributed by atoms with Crippen LogP contribution in [0.3, 0.4) is 0 Å². The zero-order chi connectivity index (χ0) is 17.2. The zero-order valence-electron chi connectivity index (χ0n) is 14.2. The Morgan fingerprint density at radius 2 is 2.04 bits per heavy atom. The minimum Gasteiger partial charge on any atom is -0.336 e. The molecule has 0 radical (unpaired) electrons. The molecule has 1 fully saturated rings. The molecular formula is C19H21N5O. The number of aryl methyl sites for hydroxylation is 1. The molecule has 1 aliphatic rings. The van der Waals surface area contributed by atoms with Gasteiger partial charge in [-0.05, 0) is 38.0 Å². The zero-order valence-corrected chi connectivity index (χ0v) is 14.2. The lowest BCUT2D eigenvalue weighted by Gasteiger charge is -2.32. The van der Waals surface area contributed by atoms with E-state index in [-0.39, 0.29) is 11.9 Å². The fourth-order valence-corrected chi connectivity index (χ4v) is 3.41. The Balaban J connectivity index is 1.55. The van der Waals surface area contributed by atoms with Gasteiger partial charge in [-0.3, -0.25) is 9.48 Å². The van der Waals surface area contributed by atoms with Gasteiger partial charge < -0.3 is 4.90 Å². The fourth-order valence-electron chi connectivity index (χ4n) is 3.41. The molecular weight excluding hydrogens is 314 g/mol. The Hall–Kier alpha value is -2.89. The van der Waals surface area contributed by atoms with E-state index >= 15 is 0 Å². The van der Waals surface area contributed by atoms with Crippen LogP contribution in [0.5, 0.6) is 0 Å². The lowest BCUT2D eigenvalue weighted by Crippen LogP contribution is -2.41. The number of piperidine rings is 1. The summed E-state index contributed by atoms with van der Waals surface area (Å²) in [6, 6.07) is 12.0. The van der Waals surface area contributed by atoms with Gasteiger partial charge in [0.05, 0.1) is 23.0 Å². The van der Waals surface area contributed by atoms with Gasteiger partial charge in [0, 0.05) is 31.7 Å². The molecule has 1 aliphatic heterocycles. The highest BCUT2D eigenvalue weighted by molar-refractivity contribution is 5.95. The second kappa shape index (κ2) is 6.55. The molecule has 1 amide bonds. The minimum absolute atomic E-state index is 0.0523. The van der Waals surface area contributed by atoms with Gasteiger partial charge in [0.25, 0.3) is 5.91 Å².